The van der Waals surface area contributed by atoms with E-state index in [4.69, 9.17) is 9.31 Å². The van der Waals surface area contributed by atoms with Gasteiger partial charge in [0, 0.05) is 0 Å². The van der Waals surface area contributed by atoms with Crippen molar-refractivity contribution in [3.05, 3.63) is 113 Å². The maximum absolute atomic E-state index is 6.52. The molecule has 0 aromatic heterocycles. The number of hydrogen-bond donors (Lipinski definition) is 0. The number of aryl methyl sites for hydroxylation is 4. The Balaban J connectivity index is 1.60. The van der Waals surface area contributed by atoms with E-state index in [-0.39, 0.29) is 0 Å². The lowest BCUT2D eigenvalue weighted by molar-refractivity contribution is 0.00578. The summed E-state index contributed by atoms with van der Waals surface area (Å²) in [6, 6.07) is 33.7. The molecule has 7 rings (SSSR count). The van der Waals surface area contributed by atoms with Crippen LogP contribution < -0.4 is 5.46 Å². The molecule has 0 radical (unpaired) electrons. The zero-order chi connectivity index (χ0) is 30.3. The lowest BCUT2D eigenvalue weighted by Crippen LogP contribution is -2.41. The summed E-state index contributed by atoms with van der Waals surface area (Å²) in [5.41, 5.74) is 10.6. The van der Waals surface area contributed by atoms with Gasteiger partial charge in [-0.2, -0.15) is 0 Å². The normalized spacial score (nSPS) is 16.0. The Kier molecular flexibility index (Phi) is 6.36. The highest BCUT2D eigenvalue weighted by Gasteiger charge is 2.51. The summed E-state index contributed by atoms with van der Waals surface area (Å²) in [4.78, 5) is 0. The predicted molar refractivity (Wildman–Crippen MR) is 184 cm³/mol. The second-order valence-corrected chi connectivity index (χ2v) is 13.4. The summed E-state index contributed by atoms with van der Waals surface area (Å²) in [6.07, 6.45) is 0. The summed E-state index contributed by atoms with van der Waals surface area (Å²) in [5, 5.41) is 7.57. The predicted octanol–water partition coefficient (Wildman–Crippen LogP) is 10.0. The van der Waals surface area contributed by atoms with Crippen LogP contribution in [-0.2, 0) is 9.31 Å². The Morgan fingerprint density at radius 2 is 0.884 bits per heavy atom. The molecule has 43 heavy (non-hydrogen) atoms. The van der Waals surface area contributed by atoms with Crippen LogP contribution in [-0.4, -0.2) is 18.3 Å². The first-order chi connectivity index (χ1) is 20.5. The van der Waals surface area contributed by atoms with Crippen LogP contribution in [0.15, 0.2) is 91.0 Å². The molecule has 1 aliphatic rings. The summed E-state index contributed by atoms with van der Waals surface area (Å²) in [7, 11) is -0.419. The first-order valence-corrected chi connectivity index (χ1v) is 15.4. The fraction of sp³-hybridized carbons (Fsp3) is 0.250. The van der Waals surface area contributed by atoms with Crippen molar-refractivity contribution in [2.75, 3.05) is 0 Å². The van der Waals surface area contributed by atoms with E-state index < -0.39 is 18.3 Å². The van der Waals surface area contributed by atoms with E-state index in [9.17, 15) is 0 Å². The van der Waals surface area contributed by atoms with E-state index in [0.29, 0.717) is 0 Å². The van der Waals surface area contributed by atoms with E-state index >= 15 is 0 Å². The zero-order valence-corrected chi connectivity index (χ0v) is 26.6. The minimum atomic E-state index is -0.419. The molecule has 1 heterocycles. The maximum atomic E-state index is 6.52. The van der Waals surface area contributed by atoms with Crippen molar-refractivity contribution in [1.29, 1.82) is 0 Å². The molecule has 0 unspecified atom stereocenters. The largest absolute Gasteiger partial charge is 0.494 e. The van der Waals surface area contributed by atoms with Gasteiger partial charge in [0.25, 0.3) is 0 Å². The van der Waals surface area contributed by atoms with Crippen molar-refractivity contribution >= 4 is 44.9 Å². The summed E-state index contributed by atoms with van der Waals surface area (Å²) in [5.74, 6) is 0. The fourth-order valence-corrected chi connectivity index (χ4v) is 7.04. The van der Waals surface area contributed by atoms with Gasteiger partial charge in [-0.3, -0.25) is 0 Å². The minimum absolute atomic E-state index is 0.398. The van der Waals surface area contributed by atoms with Crippen molar-refractivity contribution in [3.8, 4) is 22.3 Å². The van der Waals surface area contributed by atoms with Crippen molar-refractivity contribution in [2.24, 2.45) is 0 Å². The molecule has 3 heteroatoms. The molecule has 214 valence electrons. The highest BCUT2D eigenvalue weighted by Crippen LogP contribution is 2.44. The van der Waals surface area contributed by atoms with Crippen molar-refractivity contribution < 1.29 is 9.31 Å². The molecule has 0 aliphatic carbocycles. The molecule has 1 fully saturated rings. The Morgan fingerprint density at radius 3 is 1.40 bits per heavy atom. The van der Waals surface area contributed by atoms with Gasteiger partial charge in [-0.15, -0.1) is 0 Å². The van der Waals surface area contributed by atoms with E-state index in [1.165, 1.54) is 76.8 Å². The second kappa shape index (κ2) is 9.81. The first-order valence-electron chi connectivity index (χ1n) is 15.4. The lowest BCUT2D eigenvalue weighted by atomic mass is 9.76. The van der Waals surface area contributed by atoms with Gasteiger partial charge >= 0.3 is 7.12 Å². The molecule has 0 bridgehead atoms. The van der Waals surface area contributed by atoms with Crippen LogP contribution in [0.3, 0.4) is 0 Å². The molecule has 1 saturated heterocycles. The molecule has 1 aliphatic heterocycles. The van der Waals surface area contributed by atoms with Gasteiger partial charge in [0.05, 0.1) is 11.2 Å². The Hall–Kier alpha value is -3.92. The third-order valence-corrected chi connectivity index (χ3v) is 10.0. The van der Waals surface area contributed by atoms with E-state index in [1.54, 1.807) is 0 Å². The average molecular weight is 563 g/mol. The second-order valence-electron chi connectivity index (χ2n) is 13.4. The highest BCUT2D eigenvalue weighted by molar-refractivity contribution is 6.62. The number of benzene rings is 6. The van der Waals surface area contributed by atoms with Crippen molar-refractivity contribution in [1.82, 2.24) is 0 Å². The van der Waals surface area contributed by atoms with Crippen LogP contribution in [0.2, 0.25) is 0 Å². The molecule has 6 aromatic rings. The van der Waals surface area contributed by atoms with Crippen LogP contribution in [0.1, 0.15) is 49.9 Å². The SMILES string of the molecule is Cc1cccc(C)c1-c1cc2c3ccc(B4OC(C)(C)C(C)(C)O4)cc3c(-c3c(C)cccc3C)cc2c2ccccc12. The quantitative estimate of drug-likeness (QED) is 0.158. The summed E-state index contributed by atoms with van der Waals surface area (Å²) in [6.45, 7) is 17.3. The lowest BCUT2D eigenvalue weighted by Gasteiger charge is -2.32. The van der Waals surface area contributed by atoms with E-state index in [1.807, 2.05) is 0 Å². The van der Waals surface area contributed by atoms with Gasteiger partial charge < -0.3 is 9.31 Å². The zero-order valence-electron chi connectivity index (χ0n) is 26.6. The molecule has 0 spiro atoms. The number of fused-ring (bicyclic) bond motifs is 5. The van der Waals surface area contributed by atoms with Gasteiger partial charge in [0.1, 0.15) is 0 Å². The average Bonchev–Trinajstić information content (AvgIpc) is 3.19. The Labute approximate surface area is 255 Å². The van der Waals surface area contributed by atoms with Crippen LogP contribution in [0.4, 0.5) is 0 Å². The van der Waals surface area contributed by atoms with E-state index in [0.717, 1.165) is 5.46 Å². The van der Waals surface area contributed by atoms with Crippen LogP contribution in [0.5, 0.6) is 0 Å². The topological polar surface area (TPSA) is 18.5 Å². The van der Waals surface area contributed by atoms with Gasteiger partial charge in [0.2, 0.25) is 0 Å². The standard InChI is InChI=1S/C40H39BO2/c1-24-13-11-14-25(2)37(24)35-22-34-31-20-19-28(41-42-39(5,6)40(7,8)43-41)21-32(31)36(38-26(3)15-12-16-27(38)4)23-33(34)29-17-9-10-18-30(29)35/h9-23H,1-8H3. The van der Waals surface area contributed by atoms with Gasteiger partial charge in [-0.05, 0) is 150 Å². The van der Waals surface area contributed by atoms with Crippen molar-refractivity contribution in [2.45, 2.75) is 66.6 Å². The van der Waals surface area contributed by atoms with E-state index in [2.05, 4.69) is 146 Å². The molecular weight excluding hydrogens is 523 g/mol. The molecular formula is C40H39BO2. The smallest absolute Gasteiger partial charge is 0.399 e. The number of hydrogen-bond acceptors (Lipinski definition) is 2. The summed E-state index contributed by atoms with van der Waals surface area (Å²) < 4.78 is 13.0. The summed E-state index contributed by atoms with van der Waals surface area (Å²) >= 11 is 0. The monoisotopic (exact) mass is 562 g/mol. The minimum Gasteiger partial charge on any atom is -0.399 e. The fourth-order valence-electron chi connectivity index (χ4n) is 7.04. The number of rotatable bonds is 3. The first kappa shape index (κ1) is 27.9. The van der Waals surface area contributed by atoms with Gasteiger partial charge in [-0.25, -0.2) is 0 Å². The molecule has 0 N–H and O–H groups in total. The Bertz CT molecular complexity index is 2030. The maximum Gasteiger partial charge on any atom is 0.494 e. The highest BCUT2D eigenvalue weighted by atomic mass is 16.7. The van der Waals surface area contributed by atoms with Crippen molar-refractivity contribution in [3.63, 3.8) is 0 Å². The third-order valence-electron chi connectivity index (χ3n) is 10.0. The molecule has 0 saturated carbocycles. The molecule has 0 atom stereocenters. The van der Waals surface area contributed by atoms with Crippen LogP contribution in [0, 0.1) is 27.7 Å². The molecule has 2 nitrogen and oxygen atoms in total. The van der Waals surface area contributed by atoms with Gasteiger partial charge in [-0.1, -0.05) is 78.9 Å². The van der Waals surface area contributed by atoms with Gasteiger partial charge in [0.15, 0.2) is 0 Å². The molecule has 6 aromatic carbocycles. The molecule has 0 amide bonds. The third kappa shape index (κ3) is 4.32. The van der Waals surface area contributed by atoms with Crippen LogP contribution in [0.25, 0.3) is 54.6 Å². The Morgan fingerprint density at radius 1 is 0.442 bits per heavy atom. The van der Waals surface area contributed by atoms with Crippen LogP contribution >= 0.6 is 0 Å².